The van der Waals surface area contributed by atoms with E-state index in [1.54, 1.807) is 12.1 Å². The van der Waals surface area contributed by atoms with Gasteiger partial charge in [-0.15, -0.1) is 0 Å². The van der Waals surface area contributed by atoms with Crippen molar-refractivity contribution in [2.24, 2.45) is 5.73 Å². The number of hydrogen-bond donors (Lipinski definition) is 2. The van der Waals surface area contributed by atoms with Crippen molar-refractivity contribution in [1.29, 1.82) is 0 Å². The minimum absolute atomic E-state index is 0.124. The summed E-state index contributed by atoms with van der Waals surface area (Å²) in [5.74, 6) is -0.399. The molecule has 1 aliphatic heterocycles. The molecule has 1 heterocycles. The van der Waals surface area contributed by atoms with Crippen molar-refractivity contribution in [3.63, 3.8) is 0 Å². The molecule has 4 nitrogen and oxygen atoms in total. The van der Waals surface area contributed by atoms with Gasteiger partial charge in [0.2, 0.25) is 5.91 Å². The standard InChI is InChI=1S/C29H34FN3O/c1-22-9-5-6-12-24(22)19-25(31)20-28(34)32-29(26-13-7-8-14-27(26)30)15-17-33(18-16-29)21-23-10-3-2-4-11-23/h2-14,25H,15-21,31H2,1H3,(H,32,34)/t25-/m1/s1. The summed E-state index contributed by atoms with van der Waals surface area (Å²) in [5, 5.41) is 3.22. The van der Waals surface area contributed by atoms with Crippen LogP contribution in [0.5, 0.6) is 0 Å². The third kappa shape index (κ3) is 5.91. The predicted octanol–water partition coefficient (Wildman–Crippen LogP) is 4.70. The number of piperidine rings is 1. The number of benzene rings is 3. The number of likely N-dealkylation sites (tertiary alicyclic amines) is 1. The second kappa shape index (κ2) is 10.9. The summed E-state index contributed by atoms with van der Waals surface area (Å²) in [7, 11) is 0. The minimum Gasteiger partial charge on any atom is -0.346 e. The first-order valence-electron chi connectivity index (χ1n) is 12.1. The molecule has 0 radical (unpaired) electrons. The molecule has 0 aliphatic carbocycles. The maximum atomic E-state index is 14.9. The quantitative estimate of drug-likeness (QED) is 0.513. The van der Waals surface area contributed by atoms with Gasteiger partial charge < -0.3 is 11.1 Å². The molecule has 1 aliphatic rings. The van der Waals surface area contributed by atoms with Crippen molar-refractivity contribution in [3.8, 4) is 0 Å². The summed E-state index contributed by atoms with van der Waals surface area (Å²) < 4.78 is 14.9. The molecule has 0 spiro atoms. The monoisotopic (exact) mass is 459 g/mol. The lowest BCUT2D eigenvalue weighted by atomic mass is 9.80. The summed E-state index contributed by atoms with van der Waals surface area (Å²) in [6, 6.07) is 25.0. The van der Waals surface area contributed by atoms with Gasteiger partial charge in [0.15, 0.2) is 0 Å². The van der Waals surface area contributed by atoms with Gasteiger partial charge in [-0.3, -0.25) is 9.69 Å². The number of hydrogen-bond acceptors (Lipinski definition) is 3. The Balaban J connectivity index is 1.45. The molecule has 1 saturated heterocycles. The molecule has 0 saturated carbocycles. The summed E-state index contributed by atoms with van der Waals surface area (Å²) in [4.78, 5) is 15.5. The zero-order valence-corrected chi connectivity index (χ0v) is 19.8. The van der Waals surface area contributed by atoms with Gasteiger partial charge in [-0.25, -0.2) is 4.39 Å². The molecule has 3 N–H and O–H groups in total. The Morgan fingerprint density at radius 2 is 1.65 bits per heavy atom. The van der Waals surface area contributed by atoms with Crippen LogP contribution in [0.2, 0.25) is 0 Å². The first kappa shape index (κ1) is 24.1. The summed E-state index contributed by atoms with van der Waals surface area (Å²) in [6.07, 6.45) is 2.15. The van der Waals surface area contributed by atoms with E-state index < -0.39 is 5.54 Å². The number of halogens is 1. The molecule has 0 bridgehead atoms. The highest BCUT2D eigenvalue weighted by molar-refractivity contribution is 5.77. The lowest BCUT2D eigenvalue weighted by Gasteiger charge is -2.43. The number of carbonyl (C=O) groups is 1. The molecule has 1 amide bonds. The Morgan fingerprint density at radius 1 is 1.00 bits per heavy atom. The highest BCUT2D eigenvalue weighted by Crippen LogP contribution is 2.35. The van der Waals surface area contributed by atoms with Crippen molar-refractivity contribution < 1.29 is 9.18 Å². The van der Waals surface area contributed by atoms with Crippen LogP contribution in [0.1, 0.15) is 41.5 Å². The number of aryl methyl sites for hydroxylation is 1. The van der Waals surface area contributed by atoms with Crippen LogP contribution in [-0.2, 0) is 23.3 Å². The molecule has 34 heavy (non-hydrogen) atoms. The molecule has 3 aromatic carbocycles. The summed E-state index contributed by atoms with van der Waals surface area (Å²) in [6.45, 7) is 4.46. The maximum absolute atomic E-state index is 14.9. The Kier molecular flexibility index (Phi) is 7.76. The fourth-order valence-electron chi connectivity index (χ4n) is 5.00. The highest BCUT2D eigenvalue weighted by Gasteiger charge is 2.39. The van der Waals surface area contributed by atoms with E-state index in [4.69, 9.17) is 5.73 Å². The second-order valence-electron chi connectivity index (χ2n) is 9.47. The third-order valence-corrected chi connectivity index (χ3v) is 6.92. The average Bonchev–Trinajstić information content (AvgIpc) is 2.83. The Morgan fingerprint density at radius 3 is 2.35 bits per heavy atom. The van der Waals surface area contributed by atoms with Gasteiger partial charge >= 0.3 is 0 Å². The van der Waals surface area contributed by atoms with E-state index in [-0.39, 0.29) is 24.2 Å². The van der Waals surface area contributed by atoms with Crippen LogP contribution < -0.4 is 11.1 Å². The zero-order valence-electron chi connectivity index (χ0n) is 19.8. The van der Waals surface area contributed by atoms with E-state index in [1.165, 1.54) is 17.2 Å². The van der Waals surface area contributed by atoms with E-state index in [0.717, 1.165) is 25.2 Å². The molecule has 178 valence electrons. The maximum Gasteiger partial charge on any atom is 0.222 e. The fourth-order valence-corrected chi connectivity index (χ4v) is 5.00. The minimum atomic E-state index is -0.724. The Labute approximate surface area is 202 Å². The van der Waals surface area contributed by atoms with Crippen LogP contribution in [-0.4, -0.2) is 29.9 Å². The largest absolute Gasteiger partial charge is 0.346 e. The molecular weight excluding hydrogens is 425 g/mol. The van der Waals surface area contributed by atoms with Crippen LogP contribution in [0.4, 0.5) is 4.39 Å². The van der Waals surface area contributed by atoms with Gasteiger partial charge in [0.25, 0.3) is 0 Å². The number of nitrogens with two attached hydrogens (primary N) is 1. The van der Waals surface area contributed by atoms with Crippen molar-refractivity contribution in [1.82, 2.24) is 10.2 Å². The molecule has 3 aromatic rings. The lowest BCUT2D eigenvalue weighted by molar-refractivity contribution is -0.124. The molecule has 1 atom stereocenters. The topological polar surface area (TPSA) is 58.4 Å². The van der Waals surface area contributed by atoms with Crippen LogP contribution in [0.3, 0.4) is 0 Å². The van der Waals surface area contributed by atoms with Gasteiger partial charge in [-0.1, -0.05) is 72.8 Å². The second-order valence-corrected chi connectivity index (χ2v) is 9.47. The van der Waals surface area contributed by atoms with Gasteiger partial charge in [0.05, 0.1) is 5.54 Å². The predicted molar refractivity (Wildman–Crippen MR) is 135 cm³/mol. The molecule has 5 heteroatoms. The number of rotatable bonds is 8. The molecule has 0 unspecified atom stereocenters. The third-order valence-electron chi connectivity index (χ3n) is 6.92. The molecule has 4 rings (SSSR count). The van der Waals surface area contributed by atoms with Crippen LogP contribution in [0.25, 0.3) is 0 Å². The van der Waals surface area contributed by atoms with E-state index >= 15 is 0 Å². The van der Waals surface area contributed by atoms with Crippen molar-refractivity contribution in [2.45, 2.75) is 50.7 Å². The van der Waals surface area contributed by atoms with Crippen molar-refractivity contribution in [3.05, 3.63) is 107 Å². The fraction of sp³-hybridized carbons (Fsp3) is 0.345. The molecular formula is C29H34FN3O. The van der Waals surface area contributed by atoms with Gasteiger partial charge in [-0.05, 0) is 48.9 Å². The van der Waals surface area contributed by atoms with Gasteiger partial charge in [-0.2, -0.15) is 0 Å². The zero-order chi connectivity index (χ0) is 24.0. The molecule has 0 aromatic heterocycles. The van der Waals surface area contributed by atoms with Crippen LogP contribution in [0, 0.1) is 12.7 Å². The van der Waals surface area contributed by atoms with Crippen molar-refractivity contribution in [2.75, 3.05) is 13.1 Å². The Hall–Kier alpha value is -3.02. The van der Waals surface area contributed by atoms with Crippen molar-refractivity contribution >= 4 is 5.91 Å². The first-order chi connectivity index (χ1) is 16.4. The number of amides is 1. The van der Waals surface area contributed by atoms with E-state index in [1.807, 2.05) is 36.4 Å². The van der Waals surface area contributed by atoms with Crippen LogP contribution in [0.15, 0.2) is 78.9 Å². The smallest absolute Gasteiger partial charge is 0.222 e. The van der Waals surface area contributed by atoms with Gasteiger partial charge in [0.1, 0.15) is 5.82 Å². The number of nitrogens with one attached hydrogen (secondary N) is 1. The van der Waals surface area contributed by atoms with E-state index in [9.17, 15) is 9.18 Å². The number of nitrogens with zero attached hydrogens (tertiary/aromatic N) is 1. The van der Waals surface area contributed by atoms with E-state index in [0.29, 0.717) is 24.8 Å². The first-order valence-corrected chi connectivity index (χ1v) is 12.1. The average molecular weight is 460 g/mol. The van der Waals surface area contributed by atoms with E-state index in [2.05, 4.69) is 41.4 Å². The summed E-state index contributed by atoms with van der Waals surface area (Å²) in [5.41, 5.74) is 9.78. The van der Waals surface area contributed by atoms with Crippen LogP contribution >= 0.6 is 0 Å². The lowest BCUT2D eigenvalue weighted by Crippen LogP contribution is -2.54. The SMILES string of the molecule is Cc1ccccc1C[C@@H](N)CC(=O)NC1(c2ccccc2F)CCN(Cc2ccccc2)CC1. The normalized spacial score (nSPS) is 16.7. The number of carbonyl (C=O) groups excluding carboxylic acids is 1. The summed E-state index contributed by atoms with van der Waals surface area (Å²) >= 11 is 0. The highest BCUT2D eigenvalue weighted by atomic mass is 19.1. The Bertz CT molecular complexity index is 1090. The molecule has 1 fully saturated rings. The van der Waals surface area contributed by atoms with Gasteiger partial charge in [0, 0.05) is 37.7 Å².